The molecule has 0 saturated heterocycles. The standard InChI is InChI=1S/C18H19N3O4S/c1-3-26(23,24)21-17-9-6-15(10-13(17)2)20-18(22)12-25-16-7-4-14(11-19)5-8-16/h4-10,21H,3,12H2,1-2H3,(H,20,22). The summed E-state index contributed by atoms with van der Waals surface area (Å²) in [6, 6.07) is 13.3. The Kier molecular flexibility index (Phi) is 6.20. The van der Waals surface area contributed by atoms with Crippen molar-refractivity contribution in [3.8, 4) is 11.8 Å². The Balaban J connectivity index is 1.94. The largest absolute Gasteiger partial charge is 0.484 e. The van der Waals surface area contributed by atoms with E-state index < -0.39 is 10.0 Å². The minimum Gasteiger partial charge on any atom is -0.484 e. The number of carbonyl (C=O) groups excluding carboxylic acids is 1. The second-order valence-electron chi connectivity index (χ2n) is 5.51. The van der Waals surface area contributed by atoms with Crippen LogP contribution in [0, 0.1) is 18.3 Å². The number of benzene rings is 2. The molecule has 0 aliphatic carbocycles. The number of aryl methyl sites for hydroxylation is 1. The second kappa shape index (κ2) is 8.36. The van der Waals surface area contributed by atoms with E-state index in [4.69, 9.17) is 10.00 Å². The molecule has 0 atom stereocenters. The smallest absolute Gasteiger partial charge is 0.262 e. The molecular formula is C18H19N3O4S. The zero-order valence-corrected chi connectivity index (χ0v) is 15.3. The number of nitrogens with one attached hydrogen (secondary N) is 2. The number of nitrogens with zero attached hydrogens (tertiary/aromatic N) is 1. The summed E-state index contributed by atoms with van der Waals surface area (Å²) in [6.07, 6.45) is 0. The molecule has 2 rings (SSSR count). The van der Waals surface area contributed by atoms with Crippen LogP contribution in [0.1, 0.15) is 18.1 Å². The van der Waals surface area contributed by atoms with Gasteiger partial charge in [0.2, 0.25) is 10.0 Å². The highest BCUT2D eigenvalue weighted by Crippen LogP contribution is 2.21. The minimum absolute atomic E-state index is 0.0163. The third-order valence-corrected chi connectivity index (χ3v) is 4.80. The normalized spacial score (nSPS) is 10.7. The second-order valence-corrected chi connectivity index (χ2v) is 7.52. The van der Waals surface area contributed by atoms with Gasteiger partial charge in [-0.2, -0.15) is 5.26 Å². The summed E-state index contributed by atoms with van der Waals surface area (Å²) in [7, 11) is -3.35. The van der Waals surface area contributed by atoms with E-state index in [9.17, 15) is 13.2 Å². The van der Waals surface area contributed by atoms with Crippen molar-refractivity contribution in [2.45, 2.75) is 13.8 Å². The van der Waals surface area contributed by atoms with Gasteiger partial charge in [0.15, 0.2) is 6.61 Å². The summed E-state index contributed by atoms with van der Waals surface area (Å²) >= 11 is 0. The molecule has 0 bridgehead atoms. The van der Waals surface area contributed by atoms with E-state index in [1.165, 1.54) is 0 Å². The monoisotopic (exact) mass is 373 g/mol. The van der Waals surface area contributed by atoms with Gasteiger partial charge in [-0.25, -0.2) is 8.42 Å². The molecule has 2 aromatic carbocycles. The average Bonchev–Trinajstić information content (AvgIpc) is 2.62. The van der Waals surface area contributed by atoms with Gasteiger partial charge in [-0.1, -0.05) is 0 Å². The van der Waals surface area contributed by atoms with Crippen LogP contribution in [0.5, 0.6) is 5.75 Å². The number of amides is 1. The molecule has 0 saturated carbocycles. The quantitative estimate of drug-likeness (QED) is 0.776. The van der Waals surface area contributed by atoms with Crippen molar-refractivity contribution in [1.82, 2.24) is 0 Å². The third-order valence-electron chi connectivity index (χ3n) is 3.51. The lowest BCUT2D eigenvalue weighted by Gasteiger charge is -2.12. The first-order chi connectivity index (χ1) is 12.3. The van der Waals surface area contributed by atoms with E-state index in [2.05, 4.69) is 10.0 Å². The van der Waals surface area contributed by atoms with Crippen LogP contribution in [0.25, 0.3) is 0 Å². The molecule has 0 unspecified atom stereocenters. The lowest BCUT2D eigenvalue weighted by atomic mass is 10.2. The van der Waals surface area contributed by atoms with Crippen molar-refractivity contribution < 1.29 is 17.9 Å². The Morgan fingerprint density at radius 1 is 1.19 bits per heavy atom. The average molecular weight is 373 g/mol. The van der Waals surface area contributed by atoms with Gasteiger partial charge in [0.25, 0.3) is 5.91 Å². The summed E-state index contributed by atoms with van der Waals surface area (Å²) in [4.78, 5) is 12.0. The van der Waals surface area contributed by atoms with E-state index >= 15 is 0 Å². The lowest BCUT2D eigenvalue weighted by molar-refractivity contribution is -0.118. The molecule has 7 nitrogen and oxygen atoms in total. The Hall–Kier alpha value is -3.05. The van der Waals surface area contributed by atoms with Crippen LogP contribution in [0.3, 0.4) is 0 Å². The van der Waals surface area contributed by atoms with E-state index in [1.807, 2.05) is 6.07 Å². The number of anilines is 2. The maximum absolute atomic E-state index is 12.0. The van der Waals surface area contributed by atoms with E-state index in [0.29, 0.717) is 28.3 Å². The maximum Gasteiger partial charge on any atom is 0.262 e. The summed E-state index contributed by atoms with van der Waals surface area (Å²) in [5.74, 6) is 0.118. The summed E-state index contributed by atoms with van der Waals surface area (Å²) < 4.78 is 31.1. The maximum atomic E-state index is 12.0. The Labute approximate surface area is 152 Å². The fraction of sp³-hybridized carbons (Fsp3) is 0.222. The minimum atomic E-state index is -3.35. The van der Waals surface area contributed by atoms with Gasteiger partial charge in [0, 0.05) is 5.69 Å². The molecule has 0 aliphatic rings. The number of ether oxygens (including phenoxy) is 1. The van der Waals surface area contributed by atoms with E-state index in [0.717, 1.165) is 0 Å². The Bertz CT molecular complexity index is 932. The molecule has 1 amide bonds. The fourth-order valence-corrected chi connectivity index (χ4v) is 2.78. The Morgan fingerprint density at radius 2 is 1.88 bits per heavy atom. The van der Waals surface area contributed by atoms with Gasteiger partial charge in [-0.05, 0) is 61.9 Å². The molecule has 136 valence electrons. The first-order valence-electron chi connectivity index (χ1n) is 7.87. The van der Waals surface area contributed by atoms with Crippen molar-refractivity contribution in [1.29, 1.82) is 5.26 Å². The van der Waals surface area contributed by atoms with Crippen LogP contribution in [0.4, 0.5) is 11.4 Å². The van der Waals surface area contributed by atoms with Crippen molar-refractivity contribution in [3.05, 3.63) is 53.6 Å². The summed E-state index contributed by atoms with van der Waals surface area (Å²) in [5.41, 5.74) is 2.21. The van der Waals surface area contributed by atoms with Gasteiger partial charge in [0.05, 0.1) is 23.1 Å². The molecule has 0 aromatic heterocycles. The zero-order valence-electron chi connectivity index (χ0n) is 14.4. The number of hydrogen-bond acceptors (Lipinski definition) is 5. The molecule has 2 N–H and O–H groups in total. The van der Waals surface area contributed by atoms with Gasteiger partial charge >= 0.3 is 0 Å². The van der Waals surface area contributed by atoms with Crippen LogP contribution in [-0.2, 0) is 14.8 Å². The summed E-state index contributed by atoms with van der Waals surface area (Å²) in [5, 5.41) is 11.4. The molecule has 0 heterocycles. The molecule has 0 spiro atoms. The van der Waals surface area contributed by atoms with Crippen molar-refractivity contribution in [2.75, 3.05) is 22.4 Å². The van der Waals surface area contributed by atoms with Crippen LogP contribution in [0.2, 0.25) is 0 Å². The van der Waals surface area contributed by atoms with Gasteiger partial charge in [-0.3, -0.25) is 9.52 Å². The fourth-order valence-electron chi connectivity index (χ4n) is 2.07. The van der Waals surface area contributed by atoms with Crippen molar-refractivity contribution in [2.24, 2.45) is 0 Å². The van der Waals surface area contributed by atoms with E-state index in [1.54, 1.807) is 56.3 Å². The molecule has 2 aromatic rings. The molecular weight excluding hydrogens is 354 g/mol. The third kappa shape index (κ3) is 5.50. The number of hydrogen-bond donors (Lipinski definition) is 2. The first kappa shape index (κ1) is 19.3. The SMILES string of the molecule is CCS(=O)(=O)Nc1ccc(NC(=O)COc2ccc(C#N)cc2)cc1C. The number of sulfonamides is 1. The lowest BCUT2D eigenvalue weighted by Crippen LogP contribution is -2.20. The van der Waals surface area contributed by atoms with Crippen molar-refractivity contribution >= 4 is 27.3 Å². The van der Waals surface area contributed by atoms with E-state index in [-0.39, 0.29) is 18.3 Å². The Morgan fingerprint density at radius 3 is 2.46 bits per heavy atom. The predicted molar refractivity (Wildman–Crippen MR) is 99.5 cm³/mol. The van der Waals surface area contributed by atoms with Crippen LogP contribution < -0.4 is 14.8 Å². The zero-order chi connectivity index (χ0) is 19.2. The predicted octanol–water partition coefficient (Wildman–Crippen LogP) is 2.65. The molecule has 26 heavy (non-hydrogen) atoms. The van der Waals surface area contributed by atoms with Gasteiger partial charge in [0.1, 0.15) is 5.75 Å². The molecule has 8 heteroatoms. The van der Waals surface area contributed by atoms with Crippen LogP contribution in [0.15, 0.2) is 42.5 Å². The number of carbonyl (C=O) groups is 1. The van der Waals surface area contributed by atoms with Crippen LogP contribution >= 0.6 is 0 Å². The topological polar surface area (TPSA) is 108 Å². The first-order valence-corrected chi connectivity index (χ1v) is 9.52. The molecule has 0 aliphatic heterocycles. The number of nitriles is 1. The highest BCUT2D eigenvalue weighted by atomic mass is 32.2. The number of rotatable bonds is 7. The van der Waals surface area contributed by atoms with Gasteiger partial charge in [-0.15, -0.1) is 0 Å². The highest BCUT2D eigenvalue weighted by molar-refractivity contribution is 7.92. The van der Waals surface area contributed by atoms with Gasteiger partial charge < -0.3 is 10.1 Å². The summed E-state index contributed by atoms with van der Waals surface area (Å²) in [6.45, 7) is 3.12. The highest BCUT2D eigenvalue weighted by Gasteiger charge is 2.10. The molecule has 0 fully saturated rings. The molecule has 0 radical (unpaired) electrons. The van der Waals surface area contributed by atoms with Crippen molar-refractivity contribution in [3.63, 3.8) is 0 Å². The van der Waals surface area contributed by atoms with Crippen LogP contribution in [-0.4, -0.2) is 26.7 Å².